The first kappa shape index (κ1) is 13.5. The number of benzene rings is 1. The predicted octanol–water partition coefficient (Wildman–Crippen LogP) is 2.75. The van der Waals surface area contributed by atoms with Crippen LogP contribution in [0.3, 0.4) is 0 Å². The normalized spacial score (nSPS) is 12.6. The van der Waals surface area contributed by atoms with Crippen molar-refractivity contribution in [2.45, 2.75) is 19.4 Å². The molecule has 0 heterocycles. The molecule has 0 saturated heterocycles. The molecule has 0 aliphatic rings. The van der Waals surface area contributed by atoms with Crippen LogP contribution in [0.25, 0.3) is 0 Å². The Bertz CT molecular complexity index is 422. The number of amides is 1. The first-order chi connectivity index (χ1) is 7.84. The number of rotatable bonds is 3. The average Bonchev–Trinajstić information content (AvgIpc) is 2.29. The predicted molar refractivity (Wildman–Crippen MR) is 53.5 cm³/mol. The van der Waals surface area contributed by atoms with Gasteiger partial charge in [0.15, 0.2) is 11.6 Å². The minimum Gasteiger partial charge on any atom is -0.334 e. The molecule has 0 aliphatic heterocycles. The number of nitrogens with zero attached hydrogens (tertiary/aromatic N) is 1. The van der Waals surface area contributed by atoms with E-state index in [0.29, 0.717) is 0 Å². The zero-order valence-electron chi connectivity index (χ0n) is 9.25. The van der Waals surface area contributed by atoms with Crippen molar-refractivity contribution in [1.29, 1.82) is 0 Å². The van der Waals surface area contributed by atoms with Gasteiger partial charge in [-0.25, -0.2) is 8.78 Å². The molecule has 1 rings (SSSR count). The van der Waals surface area contributed by atoms with E-state index in [0.717, 1.165) is 17.0 Å². The summed E-state index contributed by atoms with van der Waals surface area (Å²) in [6.07, 6.45) is -3.12. The maximum absolute atomic E-state index is 12.9. The van der Waals surface area contributed by atoms with E-state index in [1.807, 2.05) is 0 Å². The van der Waals surface area contributed by atoms with Gasteiger partial charge in [0.1, 0.15) is 0 Å². The van der Waals surface area contributed by atoms with E-state index < -0.39 is 30.0 Å². The summed E-state index contributed by atoms with van der Waals surface area (Å²) in [6.45, 7) is 1.45. The van der Waals surface area contributed by atoms with Crippen LogP contribution < -0.4 is 0 Å². The summed E-state index contributed by atoms with van der Waals surface area (Å²) < 4.78 is 50.0. The Balaban J connectivity index is 2.92. The topological polar surface area (TPSA) is 20.3 Å². The monoisotopic (exact) mass is 249 g/mol. The van der Waals surface area contributed by atoms with Crippen molar-refractivity contribution in [1.82, 2.24) is 4.90 Å². The van der Waals surface area contributed by atoms with Crippen LogP contribution in [0.5, 0.6) is 0 Å². The second-order valence-electron chi connectivity index (χ2n) is 3.60. The van der Waals surface area contributed by atoms with Gasteiger partial charge in [0.05, 0.1) is 6.04 Å². The van der Waals surface area contributed by atoms with Gasteiger partial charge >= 0.3 is 6.43 Å². The molecule has 1 amide bonds. The highest BCUT2D eigenvalue weighted by atomic mass is 19.3. The summed E-state index contributed by atoms with van der Waals surface area (Å²) in [5, 5.41) is 0. The quantitative estimate of drug-likeness (QED) is 0.754. The lowest BCUT2D eigenvalue weighted by molar-refractivity contribution is -0.143. The van der Waals surface area contributed by atoms with Crippen LogP contribution in [0, 0.1) is 11.6 Å². The fraction of sp³-hybridized carbons (Fsp3) is 0.364. The van der Waals surface area contributed by atoms with Crippen molar-refractivity contribution < 1.29 is 22.4 Å². The molecule has 0 radical (unpaired) electrons. The Kier molecular flexibility index (Phi) is 4.09. The van der Waals surface area contributed by atoms with Gasteiger partial charge in [0, 0.05) is 7.05 Å². The van der Waals surface area contributed by atoms with E-state index in [2.05, 4.69) is 0 Å². The molecule has 0 bridgehead atoms. The molecule has 0 saturated carbocycles. The molecule has 1 aromatic rings. The highest BCUT2D eigenvalue weighted by Gasteiger charge is 2.25. The Morgan fingerprint density at radius 1 is 1.24 bits per heavy atom. The highest BCUT2D eigenvalue weighted by Crippen LogP contribution is 2.21. The molecule has 2 nitrogen and oxygen atoms in total. The minimum atomic E-state index is -3.12. The van der Waals surface area contributed by atoms with Crippen molar-refractivity contribution >= 4 is 5.91 Å². The summed E-state index contributed by atoms with van der Waals surface area (Å²) >= 11 is 0. The van der Waals surface area contributed by atoms with Crippen molar-refractivity contribution in [2.75, 3.05) is 7.05 Å². The van der Waals surface area contributed by atoms with E-state index >= 15 is 0 Å². The highest BCUT2D eigenvalue weighted by molar-refractivity contribution is 5.79. The van der Waals surface area contributed by atoms with Crippen LogP contribution in [0.15, 0.2) is 18.2 Å². The van der Waals surface area contributed by atoms with E-state index in [-0.39, 0.29) is 5.56 Å². The maximum Gasteiger partial charge on any atom is 0.315 e. The van der Waals surface area contributed by atoms with E-state index in [9.17, 15) is 22.4 Å². The number of hydrogen-bond acceptors (Lipinski definition) is 1. The van der Waals surface area contributed by atoms with Gasteiger partial charge in [0.25, 0.3) is 5.91 Å². The first-order valence-corrected chi connectivity index (χ1v) is 4.84. The molecular formula is C11H11F4NO. The average molecular weight is 249 g/mol. The number of alkyl halides is 2. The molecule has 17 heavy (non-hydrogen) atoms. The molecule has 94 valence electrons. The molecule has 0 aromatic heterocycles. The second kappa shape index (κ2) is 5.16. The van der Waals surface area contributed by atoms with Crippen molar-refractivity contribution in [2.24, 2.45) is 0 Å². The van der Waals surface area contributed by atoms with Crippen LogP contribution in [0.4, 0.5) is 17.6 Å². The van der Waals surface area contributed by atoms with Crippen molar-refractivity contribution in [3.63, 3.8) is 0 Å². The molecule has 1 atom stereocenters. The van der Waals surface area contributed by atoms with Crippen LogP contribution in [0.2, 0.25) is 0 Å². The summed E-state index contributed by atoms with van der Waals surface area (Å²) in [5.74, 6) is -3.46. The molecule has 0 spiro atoms. The SMILES string of the molecule is CC(c1ccc(F)c(F)c1)N(C)C(=O)C(F)F. The zero-order valence-corrected chi connectivity index (χ0v) is 9.25. The third kappa shape index (κ3) is 2.95. The Morgan fingerprint density at radius 3 is 2.29 bits per heavy atom. The van der Waals surface area contributed by atoms with Crippen LogP contribution in [-0.4, -0.2) is 24.3 Å². The standard InChI is InChI=1S/C11H11F4NO/c1-6(16(2)11(17)10(14)15)7-3-4-8(12)9(13)5-7/h3-6,10H,1-2H3. The maximum atomic E-state index is 12.9. The van der Waals surface area contributed by atoms with Crippen molar-refractivity contribution in [3.8, 4) is 0 Å². The lowest BCUT2D eigenvalue weighted by Gasteiger charge is -2.25. The van der Waals surface area contributed by atoms with Gasteiger partial charge in [-0.15, -0.1) is 0 Å². The molecular weight excluding hydrogens is 238 g/mol. The largest absolute Gasteiger partial charge is 0.334 e. The molecule has 0 aliphatic carbocycles. The second-order valence-corrected chi connectivity index (χ2v) is 3.60. The lowest BCUT2D eigenvalue weighted by atomic mass is 10.1. The Hall–Kier alpha value is -1.59. The number of carbonyl (C=O) groups excluding carboxylic acids is 1. The van der Waals surface area contributed by atoms with Gasteiger partial charge in [0.2, 0.25) is 0 Å². The first-order valence-electron chi connectivity index (χ1n) is 4.84. The van der Waals surface area contributed by atoms with E-state index in [1.54, 1.807) is 0 Å². The smallest absolute Gasteiger partial charge is 0.315 e. The third-order valence-corrected chi connectivity index (χ3v) is 2.54. The van der Waals surface area contributed by atoms with Gasteiger partial charge in [-0.05, 0) is 24.6 Å². The van der Waals surface area contributed by atoms with Crippen molar-refractivity contribution in [3.05, 3.63) is 35.4 Å². The van der Waals surface area contributed by atoms with Gasteiger partial charge in [-0.2, -0.15) is 8.78 Å². The summed E-state index contributed by atoms with van der Waals surface area (Å²) in [5.41, 5.74) is 0.250. The zero-order chi connectivity index (χ0) is 13.2. The molecule has 6 heteroatoms. The Labute approximate surface area is 95.8 Å². The van der Waals surface area contributed by atoms with E-state index in [4.69, 9.17) is 0 Å². The number of hydrogen-bond donors (Lipinski definition) is 0. The molecule has 0 N–H and O–H groups in total. The van der Waals surface area contributed by atoms with Gasteiger partial charge in [-0.3, -0.25) is 4.79 Å². The summed E-state index contributed by atoms with van der Waals surface area (Å²) in [4.78, 5) is 11.8. The molecule has 1 aromatic carbocycles. The van der Waals surface area contributed by atoms with E-state index in [1.165, 1.54) is 20.0 Å². The lowest BCUT2D eigenvalue weighted by Crippen LogP contribution is -2.34. The minimum absolute atomic E-state index is 0.250. The van der Waals surface area contributed by atoms with Crippen LogP contribution >= 0.6 is 0 Å². The molecule has 1 unspecified atom stereocenters. The summed E-state index contributed by atoms with van der Waals surface area (Å²) in [7, 11) is 1.18. The van der Waals surface area contributed by atoms with Gasteiger partial charge in [-0.1, -0.05) is 6.07 Å². The number of halogens is 4. The van der Waals surface area contributed by atoms with Crippen LogP contribution in [0.1, 0.15) is 18.5 Å². The summed E-state index contributed by atoms with van der Waals surface area (Å²) in [6, 6.07) is 2.27. The van der Waals surface area contributed by atoms with Gasteiger partial charge < -0.3 is 4.90 Å². The fourth-order valence-corrected chi connectivity index (χ4v) is 1.34. The van der Waals surface area contributed by atoms with Crippen LogP contribution in [-0.2, 0) is 4.79 Å². The fourth-order valence-electron chi connectivity index (χ4n) is 1.34. The third-order valence-electron chi connectivity index (χ3n) is 2.54. The molecule has 0 fully saturated rings. The Morgan fingerprint density at radius 2 is 1.82 bits per heavy atom. The number of carbonyl (C=O) groups is 1.